The fourth-order valence-electron chi connectivity index (χ4n) is 6.83. The molecule has 6 rings (SSSR count). The van der Waals surface area contributed by atoms with E-state index in [1.807, 2.05) is 0 Å². The lowest BCUT2D eigenvalue weighted by atomic mass is 9.64. The van der Waals surface area contributed by atoms with Crippen molar-refractivity contribution in [1.82, 2.24) is 0 Å². The number of rotatable bonds is 4. The second kappa shape index (κ2) is 7.99. The van der Waals surface area contributed by atoms with E-state index in [0.29, 0.717) is 0 Å². The fourth-order valence-corrected chi connectivity index (χ4v) is 6.83. The smallest absolute Gasteiger partial charge is 0.107 e. The predicted molar refractivity (Wildman–Crippen MR) is 149 cm³/mol. The van der Waals surface area contributed by atoms with Crippen molar-refractivity contribution < 1.29 is 10.2 Å². The zero-order chi connectivity index (χ0) is 25.4. The van der Waals surface area contributed by atoms with Gasteiger partial charge in [0.05, 0.1) is 12.2 Å². The van der Waals surface area contributed by atoms with Gasteiger partial charge in [0.1, 0.15) is 5.66 Å². The molecular weight excluding hydrogens is 446 g/mol. The molecule has 0 radical (unpaired) electrons. The van der Waals surface area contributed by atoms with Crippen LogP contribution in [-0.2, 0) is 5.41 Å². The summed E-state index contributed by atoms with van der Waals surface area (Å²) in [6.45, 7) is 8.81. The lowest BCUT2D eigenvalue weighted by Crippen LogP contribution is -2.54. The van der Waals surface area contributed by atoms with Crippen molar-refractivity contribution in [3.63, 3.8) is 0 Å². The maximum Gasteiger partial charge on any atom is 0.107 e. The summed E-state index contributed by atoms with van der Waals surface area (Å²) in [6, 6.07) is 19.0. The minimum absolute atomic E-state index is 0.186. The highest BCUT2D eigenvalue weighted by molar-refractivity contribution is 6.06. The molecule has 5 nitrogen and oxygen atoms in total. The number of nitrogens with one attached hydrogen (secondary N) is 2. The van der Waals surface area contributed by atoms with Crippen LogP contribution in [0.4, 0.5) is 17.1 Å². The molecule has 3 aromatic rings. The molecule has 2 heterocycles. The first-order chi connectivity index (χ1) is 17.2. The molecule has 188 valence electrons. The molecule has 3 aliphatic rings. The zero-order valence-corrected chi connectivity index (χ0v) is 21.8. The molecule has 2 aliphatic heterocycles. The van der Waals surface area contributed by atoms with E-state index in [1.54, 1.807) is 0 Å². The molecule has 2 unspecified atom stereocenters. The Morgan fingerprint density at radius 2 is 1.64 bits per heavy atom. The largest absolute Gasteiger partial charge is 0.392 e. The normalized spacial score (nSPS) is 28.4. The topological polar surface area (TPSA) is 67.8 Å². The molecule has 3 aromatic carbocycles. The van der Waals surface area contributed by atoms with Crippen molar-refractivity contribution in [2.75, 3.05) is 22.6 Å². The van der Waals surface area contributed by atoms with Gasteiger partial charge < -0.3 is 25.7 Å². The van der Waals surface area contributed by atoms with Crippen LogP contribution >= 0.6 is 0 Å². The van der Waals surface area contributed by atoms with Crippen LogP contribution in [-0.4, -0.2) is 35.1 Å². The Labute approximate surface area is 213 Å². The average Bonchev–Trinajstić information content (AvgIpc) is 3.08. The molecule has 1 aliphatic carbocycles. The van der Waals surface area contributed by atoms with Crippen LogP contribution in [0.5, 0.6) is 0 Å². The number of likely N-dealkylation sites (N-methyl/N-ethyl adjacent to an activating group) is 1. The van der Waals surface area contributed by atoms with Crippen molar-refractivity contribution in [3.05, 3.63) is 77.5 Å². The van der Waals surface area contributed by atoms with Gasteiger partial charge in [0, 0.05) is 52.4 Å². The van der Waals surface area contributed by atoms with Gasteiger partial charge in [-0.05, 0) is 41.5 Å². The second-order valence-electron chi connectivity index (χ2n) is 11.3. The third-order valence-electron chi connectivity index (χ3n) is 9.20. The van der Waals surface area contributed by atoms with Gasteiger partial charge in [-0.1, -0.05) is 76.2 Å². The summed E-state index contributed by atoms with van der Waals surface area (Å²) in [4.78, 5) is 2.21. The van der Waals surface area contributed by atoms with Gasteiger partial charge >= 0.3 is 0 Å². The molecule has 0 aromatic heterocycles. The predicted octanol–water partition coefficient (Wildman–Crippen LogP) is 5.94. The number of hydrogen-bond donors (Lipinski definition) is 4. The Hall–Kier alpha value is -3.02. The summed E-state index contributed by atoms with van der Waals surface area (Å²) in [5.41, 5.74) is 6.32. The SMILES string of the molecule is CCC1(CC)Nc2cccc3ccc(C4C(O)C(C=C5N(C)c6ccccc6C5(C)C)C4O)c(c23)N1. The van der Waals surface area contributed by atoms with Gasteiger partial charge in [-0.3, -0.25) is 0 Å². The summed E-state index contributed by atoms with van der Waals surface area (Å²) >= 11 is 0. The number of fused-ring (bicyclic) bond motifs is 1. The van der Waals surface area contributed by atoms with Crippen molar-refractivity contribution >= 4 is 27.8 Å². The molecule has 1 saturated carbocycles. The third-order valence-corrected chi connectivity index (χ3v) is 9.20. The highest BCUT2D eigenvalue weighted by Gasteiger charge is 2.51. The van der Waals surface area contributed by atoms with Gasteiger partial charge in [-0.2, -0.15) is 0 Å². The van der Waals surface area contributed by atoms with Crippen molar-refractivity contribution in [2.45, 2.75) is 69.7 Å². The number of aliphatic hydroxyl groups is 2. The number of nitrogens with zero attached hydrogens (tertiary/aromatic N) is 1. The van der Waals surface area contributed by atoms with Crippen LogP contribution in [0.2, 0.25) is 0 Å². The van der Waals surface area contributed by atoms with Crippen LogP contribution in [0.15, 0.2) is 66.4 Å². The van der Waals surface area contributed by atoms with E-state index in [1.165, 1.54) is 11.3 Å². The van der Waals surface area contributed by atoms with E-state index < -0.39 is 12.2 Å². The minimum Gasteiger partial charge on any atom is -0.392 e. The molecule has 1 fully saturated rings. The maximum absolute atomic E-state index is 11.5. The fraction of sp³-hybridized carbons (Fsp3) is 0.419. The van der Waals surface area contributed by atoms with Crippen LogP contribution in [0, 0.1) is 5.92 Å². The molecule has 0 spiro atoms. The van der Waals surface area contributed by atoms with Gasteiger partial charge in [0.2, 0.25) is 0 Å². The Bertz CT molecular complexity index is 1360. The second-order valence-corrected chi connectivity index (χ2v) is 11.3. The third kappa shape index (κ3) is 3.09. The molecule has 5 heteroatoms. The van der Waals surface area contributed by atoms with Crippen LogP contribution in [0.1, 0.15) is 57.6 Å². The van der Waals surface area contributed by atoms with Gasteiger partial charge in [0.15, 0.2) is 0 Å². The molecule has 4 N–H and O–H groups in total. The van der Waals surface area contributed by atoms with Gasteiger partial charge in [-0.25, -0.2) is 0 Å². The van der Waals surface area contributed by atoms with E-state index in [9.17, 15) is 10.2 Å². The van der Waals surface area contributed by atoms with E-state index >= 15 is 0 Å². The van der Waals surface area contributed by atoms with Crippen LogP contribution in [0.3, 0.4) is 0 Å². The molecule has 0 saturated heterocycles. The lowest BCUT2D eigenvalue weighted by Gasteiger charge is -2.48. The van der Waals surface area contributed by atoms with Gasteiger partial charge in [0.25, 0.3) is 0 Å². The number of aliphatic hydroxyl groups excluding tert-OH is 2. The Balaban J connectivity index is 1.38. The zero-order valence-electron chi connectivity index (χ0n) is 21.8. The molecule has 36 heavy (non-hydrogen) atoms. The van der Waals surface area contributed by atoms with E-state index in [2.05, 4.69) is 111 Å². The first-order valence-electron chi connectivity index (χ1n) is 13.3. The summed E-state index contributed by atoms with van der Waals surface area (Å²) in [5.74, 6) is -0.656. The monoisotopic (exact) mass is 483 g/mol. The van der Waals surface area contributed by atoms with E-state index in [0.717, 1.165) is 46.2 Å². The lowest BCUT2D eigenvalue weighted by molar-refractivity contribution is -0.0944. The average molecular weight is 484 g/mol. The molecule has 0 amide bonds. The van der Waals surface area contributed by atoms with Crippen molar-refractivity contribution in [3.8, 4) is 0 Å². The maximum atomic E-state index is 11.5. The number of anilines is 3. The van der Waals surface area contributed by atoms with Crippen LogP contribution < -0.4 is 15.5 Å². The summed E-state index contributed by atoms with van der Waals surface area (Å²) < 4.78 is 0. The summed E-state index contributed by atoms with van der Waals surface area (Å²) in [6.07, 6.45) is 2.63. The highest BCUT2D eigenvalue weighted by atomic mass is 16.3. The van der Waals surface area contributed by atoms with Crippen LogP contribution in [0.25, 0.3) is 10.8 Å². The molecule has 2 atom stereocenters. The molecule has 0 bridgehead atoms. The van der Waals surface area contributed by atoms with E-state index in [4.69, 9.17) is 0 Å². The van der Waals surface area contributed by atoms with Crippen molar-refractivity contribution in [2.24, 2.45) is 5.92 Å². The Morgan fingerprint density at radius 1 is 0.917 bits per heavy atom. The first kappa shape index (κ1) is 23.4. The summed E-state index contributed by atoms with van der Waals surface area (Å²) in [5, 5.41) is 32.8. The highest BCUT2D eigenvalue weighted by Crippen LogP contribution is 2.53. The molecular formula is C31H37N3O2. The van der Waals surface area contributed by atoms with Gasteiger partial charge in [-0.15, -0.1) is 0 Å². The van der Waals surface area contributed by atoms with E-state index in [-0.39, 0.29) is 22.9 Å². The Morgan fingerprint density at radius 3 is 2.33 bits per heavy atom. The standard InChI is InChI=1S/C31H37N3O2/c1-6-31(7-2)32-22-13-10-11-18-15-16-19(27(33-31)25(18)22)26-28(35)20(29(26)36)17-24-30(3,4)21-12-8-9-14-23(21)34(24)5/h8-17,20,26,28-29,32-33,35-36H,6-7H2,1-5H3. The number of para-hydroxylation sites is 1. The number of allylic oxidation sites excluding steroid dienone is 1. The summed E-state index contributed by atoms with van der Waals surface area (Å²) in [7, 11) is 2.08. The minimum atomic E-state index is -0.657. The first-order valence-corrected chi connectivity index (χ1v) is 13.3. The Kier molecular flexibility index (Phi) is 5.19. The number of benzene rings is 3. The van der Waals surface area contributed by atoms with Crippen molar-refractivity contribution in [1.29, 1.82) is 0 Å². The quantitative estimate of drug-likeness (QED) is 0.370. The number of hydrogen-bond acceptors (Lipinski definition) is 5.